The number of rotatable bonds is 5. The van der Waals surface area contributed by atoms with E-state index in [-0.39, 0.29) is 0 Å². The Kier molecular flexibility index (Phi) is 17.7. The van der Waals surface area contributed by atoms with Gasteiger partial charge in [-0.15, -0.1) is 0 Å². The van der Waals surface area contributed by atoms with Crippen LogP contribution in [0.1, 0.15) is 340 Å². The Morgan fingerprint density at radius 3 is 1.02 bits per heavy atom. The SMILES string of the molecule is CC(C)(C)C1CC2CC[C@@H]3CC(C(C)(C)C)CC4CC(C5CCC6B7C8C(CC(C(C)(C)C)CC8N(C8CCCCC8)C8CC9[C@@H](C[C@H]78)B7C8CCCCC8N(C8CCCCC8)C8C[C@@H](C(C)(C)C)CC(C78)N9C7CCCCC7)N(C7CCCCC7)C6C5)C(C1)[C@H]2C43. The fraction of sp³-hybridized carbons (Fsp3) is 1.00. The number of fused-ring (bicyclic) bond motifs is 8. The maximum atomic E-state index is 3.69. The third-order valence-corrected chi connectivity index (χ3v) is 35.9. The summed E-state index contributed by atoms with van der Waals surface area (Å²) < 4.78 is 0. The Morgan fingerprint density at radius 1 is 0.228 bits per heavy atom. The van der Waals surface area contributed by atoms with E-state index in [4.69, 9.17) is 0 Å². The van der Waals surface area contributed by atoms with E-state index in [9.17, 15) is 0 Å². The standard InChI is InChI=1S/C86H146B2N4/c1-83(2,3)57-41-54-37-38-55-42-58(84(4,5)6)46-66-65(44-56(43-57)79(54)80(55)66)53-39-40-68-72(45-53)90(62-29-19-14-20-30-62)76-48-60(86(10,11)12)50-78-82(76)88(68)70-51-69-73(52-74(70)92(78)64-33-23-16-24-34-64)91(63-31-21-15-22-32-63)77-49-59(85(7,8)9)47-75-81(77)87(69)67-35-25-26-36-71(67)89(75)61-27-17-13-18-28-61/h53-82H,13-52H2,1-12H3/t53?,54-,55?,56?,57?,58?,59-,60?,65?,66?,67?,68?,69-,70+,71?,72?,73?,74?,75?,76?,77?,78?,79?,80+,81?,82?/m1/s1. The van der Waals surface area contributed by atoms with Crippen LogP contribution in [0.2, 0.25) is 34.9 Å². The smallest absolute Gasteiger partial charge is 0.156 e. The van der Waals surface area contributed by atoms with Crippen molar-refractivity contribution in [2.45, 2.75) is 447 Å². The van der Waals surface area contributed by atoms with Crippen molar-refractivity contribution in [1.82, 2.24) is 19.6 Å². The van der Waals surface area contributed by atoms with Crippen LogP contribution >= 0.6 is 0 Å². The van der Waals surface area contributed by atoms with E-state index in [2.05, 4.69) is 103 Å². The first-order valence-corrected chi connectivity index (χ1v) is 43.3. The van der Waals surface area contributed by atoms with Gasteiger partial charge in [-0.25, -0.2) is 0 Å². The predicted molar refractivity (Wildman–Crippen MR) is 391 cm³/mol. The second-order valence-corrected chi connectivity index (χ2v) is 43.5. The average Bonchev–Trinajstić information content (AvgIpc) is 0.688. The first kappa shape index (κ1) is 65.3. The molecule has 0 radical (unpaired) electrons. The zero-order chi connectivity index (χ0) is 63.1. The molecule has 4 nitrogen and oxygen atoms in total. The van der Waals surface area contributed by atoms with E-state index in [0.717, 1.165) is 192 Å². The molecule has 13 aliphatic carbocycles. The molecule has 0 bridgehead atoms. The van der Waals surface area contributed by atoms with Crippen LogP contribution in [0, 0.1) is 92.7 Å². The van der Waals surface area contributed by atoms with Crippen molar-refractivity contribution in [3.8, 4) is 0 Å². The van der Waals surface area contributed by atoms with Crippen molar-refractivity contribution in [2.24, 2.45) is 92.7 Å². The van der Waals surface area contributed by atoms with Gasteiger partial charge in [-0.05, 0) is 269 Å². The van der Waals surface area contributed by atoms with Gasteiger partial charge in [-0.2, -0.15) is 0 Å². The predicted octanol–water partition coefficient (Wildman–Crippen LogP) is 22.2. The lowest BCUT2D eigenvalue weighted by Gasteiger charge is -2.74. The van der Waals surface area contributed by atoms with Gasteiger partial charge in [0.15, 0.2) is 13.4 Å². The van der Waals surface area contributed by atoms with E-state index < -0.39 is 0 Å². The number of hydrogen-bond donors (Lipinski definition) is 0. The third-order valence-electron chi connectivity index (χ3n) is 35.9. The molecular formula is C86H146B2N4. The van der Waals surface area contributed by atoms with Gasteiger partial charge in [-0.1, -0.05) is 199 Å². The van der Waals surface area contributed by atoms with Crippen LogP contribution in [-0.2, 0) is 0 Å². The summed E-state index contributed by atoms with van der Waals surface area (Å²) >= 11 is 0. The van der Waals surface area contributed by atoms with Gasteiger partial charge in [0, 0.05) is 72.5 Å². The lowest BCUT2D eigenvalue weighted by molar-refractivity contribution is -0.155. The molecule has 4 saturated heterocycles. The minimum atomic E-state index is 0.361. The zero-order valence-electron chi connectivity index (χ0n) is 62.5. The van der Waals surface area contributed by atoms with Crippen molar-refractivity contribution in [2.75, 3.05) is 0 Å². The molecule has 17 aliphatic rings. The molecule has 0 amide bonds. The summed E-state index contributed by atoms with van der Waals surface area (Å²) in [6, 6.07) is 10.0. The molecule has 4 aliphatic heterocycles. The Hall–Kier alpha value is -0.0301. The molecule has 17 fully saturated rings. The molecule has 26 atom stereocenters. The lowest BCUT2D eigenvalue weighted by Crippen LogP contribution is -2.78. The minimum Gasteiger partial charge on any atom is -0.295 e. The molecule has 17 rings (SSSR count). The van der Waals surface area contributed by atoms with Gasteiger partial charge in [0.05, 0.1) is 0 Å². The molecule has 4 heterocycles. The number of hydrogen-bond acceptors (Lipinski definition) is 4. The summed E-state index contributed by atoms with van der Waals surface area (Å²) in [4.78, 5) is 14.6. The Labute approximate surface area is 569 Å². The average molecular weight is 1260 g/mol. The second kappa shape index (κ2) is 24.9. The lowest BCUT2D eigenvalue weighted by atomic mass is 9.13. The van der Waals surface area contributed by atoms with E-state index >= 15 is 0 Å². The largest absolute Gasteiger partial charge is 0.295 e. The maximum absolute atomic E-state index is 3.69. The van der Waals surface area contributed by atoms with Gasteiger partial charge >= 0.3 is 0 Å². The first-order valence-electron chi connectivity index (χ1n) is 43.3. The molecule has 0 spiro atoms. The fourth-order valence-electron chi connectivity index (χ4n) is 32.2. The van der Waals surface area contributed by atoms with Crippen LogP contribution in [-0.4, -0.2) is 106 Å². The quantitative estimate of drug-likeness (QED) is 0.254. The first-order chi connectivity index (χ1) is 44.2. The van der Waals surface area contributed by atoms with Crippen LogP contribution in [0.5, 0.6) is 0 Å². The molecule has 6 heteroatoms. The Morgan fingerprint density at radius 2 is 0.576 bits per heavy atom. The van der Waals surface area contributed by atoms with Crippen LogP contribution < -0.4 is 0 Å². The molecule has 0 aromatic heterocycles. The van der Waals surface area contributed by atoms with Crippen LogP contribution in [0.3, 0.4) is 0 Å². The second-order valence-electron chi connectivity index (χ2n) is 43.5. The van der Waals surface area contributed by atoms with E-state index in [1.807, 2.05) is 0 Å². The van der Waals surface area contributed by atoms with Crippen molar-refractivity contribution in [3.63, 3.8) is 0 Å². The number of nitrogens with zero attached hydrogens (tertiary/aromatic N) is 4. The summed E-state index contributed by atoms with van der Waals surface area (Å²) in [5.74, 6) is 17.3. The van der Waals surface area contributed by atoms with Crippen molar-refractivity contribution in [3.05, 3.63) is 0 Å². The van der Waals surface area contributed by atoms with E-state index in [1.165, 1.54) is 167 Å². The molecule has 21 unspecified atom stereocenters. The van der Waals surface area contributed by atoms with Crippen LogP contribution in [0.4, 0.5) is 0 Å². The van der Waals surface area contributed by atoms with Gasteiger partial charge in [-0.3, -0.25) is 19.6 Å². The highest BCUT2D eigenvalue weighted by molar-refractivity contribution is 6.67. The zero-order valence-corrected chi connectivity index (χ0v) is 62.5. The molecule has 92 heavy (non-hydrogen) atoms. The third kappa shape index (κ3) is 11.1. The molecular weight excluding hydrogens is 1110 g/mol. The summed E-state index contributed by atoms with van der Waals surface area (Å²) in [5.41, 5.74) is 1.63. The maximum Gasteiger partial charge on any atom is 0.156 e. The normalized spacial score (nSPS) is 48.9. The molecule has 0 aromatic carbocycles. The highest BCUT2D eigenvalue weighted by Crippen LogP contribution is 2.72. The molecule has 13 saturated carbocycles. The molecule has 0 N–H and O–H groups in total. The van der Waals surface area contributed by atoms with E-state index in [0.29, 0.717) is 21.7 Å². The topological polar surface area (TPSA) is 13.0 Å². The van der Waals surface area contributed by atoms with Crippen molar-refractivity contribution < 1.29 is 0 Å². The van der Waals surface area contributed by atoms with Gasteiger partial charge < -0.3 is 0 Å². The van der Waals surface area contributed by atoms with Gasteiger partial charge in [0.25, 0.3) is 0 Å². The molecule has 0 aromatic rings. The van der Waals surface area contributed by atoms with E-state index in [1.54, 1.807) is 89.9 Å². The monoisotopic (exact) mass is 1260 g/mol. The summed E-state index contributed by atoms with van der Waals surface area (Å²) in [6.45, 7) is 34.4. The summed E-state index contributed by atoms with van der Waals surface area (Å²) in [6.07, 6.45) is 61.7. The fourth-order valence-corrected chi connectivity index (χ4v) is 32.2. The Bertz CT molecular complexity index is 2530. The summed E-state index contributed by atoms with van der Waals surface area (Å²) in [5, 5.41) is 0. The van der Waals surface area contributed by atoms with Crippen LogP contribution in [0.15, 0.2) is 0 Å². The molecule has 516 valence electrons. The van der Waals surface area contributed by atoms with Crippen LogP contribution in [0.25, 0.3) is 0 Å². The van der Waals surface area contributed by atoms with Crippen molar-refractivity contribution in [1.29, 1.82) is 0 Å². The van der Waals surface area contributed by atoms with Crippen molar-refractivity contribution >= 4 is 13.4 Å². The Balaban J connectivity index is 0.798. The highest BCUT2D eigenvalue weighted by atomic mass is 15.3. The van der Waals surface area contributed by atoms with Gasteiger partial charge in [0.1, 0.15) is 0 Å². The minimum absolute atomic E-state index is 0.361. The highest BCUT2D eigenvalue weighted by Gasteiger charge is 2.72. The summed E-state index contributed by atoms with van der Waals surface area (Å²) in [7, 11) is 0. The van der Waals surface area contributed by atoms with Gasteiger partial charge in [0.2, 0.25) is 0 Å².